The molecule has 0 radical (unpaired) electrons. The van der Waals surface area contributed by atoms with E-state index < -0.39 is 0 Å². The first kappa shape index (κ1) is 16.5. The molecular weight excluding hydrogens is 336 g/mol. The number of benzene rings is 1. The van der Waals surface area contributed by atoms with Gasteiger partial charge in [0, 0.05) is 48.9 Å². The van der Waals surface area contributed by atoms with Gasteiger partial charge in [0.25, 0.3) is 0 Å². The van der Waals surface area contributed by atoms with E-state index in [2.05, 4.69) is 26.7 Å². The van der Waals surface area contributed by atoms with Gasteiger partial charge in [0.05, 0.1) is 18.6 Å². The summed E-state index contributed by atoms with van der Waals surface area (Å²) in [7, 11) is 0. The third-order valence-electron chi connectivity index (χ3n) is 6.14. The summed E-state index contributed by atoms with van der Waals surface area (Å²) in [6.45, 7) is 1.47. The lowest BCUT2D eigenvalue weighted by molar-refractivity contribution is -0.132. The van der Waals surface area contributed by atoms with Crippen molar-refractivity contribution < 1.29 is 4.79 Å². The lowest BCUT2D eigenvalue weighted by atomic mass is 9.92. The van der Waals surface area contributed by atoms with E-state index in [0.717, 1.165) is 30.5 Å². The quantitative estimate of drug-likeness (QED) is 0.713. The number of carbonyl (C=O) groups is 1. The number of rotatable bonds is 4. The summed E-state index contributed by atoms with van der Waals surface area (Å²) in [6.07, 6.45) is 11.8. The number of imidazole rings is 1. The van der Waals surface area contributed by atoms with E-state index in [1.54, 1.807) is 0 Å². The van der Waals surface area contributed by atoms with Crippen LogP contribution in [0.4, 0.5) is 0 Å². The van der Waals surface area contributed by atoms with Gasteiger partial charge in [-0.05, 0) is 42.7 Å². The van der Waals surface area contributed by atoms with E-state index in [4.69, 9.17) is 0 Å². The van der Waals surface area contributed by atoms with E-state index in [-0.39, 0.29) is 5.91 Å². The highest BCUT2D eigenvalue weighted by Crippen LogP contribution is 2.34. The van der Waals surface area contributed by atoms with Crippen molar-refractivity contribution in [2.24, 2.45) is 0 Å². The highest BCUT2D eigenvalue weighted by Gasteiger charge is 2.28. The SMILES string of the molecule is O=C(CCc1cccc2cnccc12)N1CCc2c(ncn2C2CCC2)C1. The van der Waals surface area contributed by atoms with Gasteiger partial charge >= 0.3 is 0 Å². The summed E-state index contributed by atoms with van der Waals surface area (Å²) in [5.41, 5.74) is 3.67. The zero-order valence-corrected chi connectivity index (χ0v) is 15.5. The van der Waals surface area contributed by atoms with Crippen LogP contribution in [0, 0.1) is 0 Å². The molecule has 3 heterocycles. The van der Waals surface area contributed by atoms with Gasteiger partial charge in [-0.1, -0.05) is 18.2 Å². The second kappa shape index (κ2) is 6.80. The molecule has 27 heavy (non-hydrogen) atoms. The van der Waals surface area contributed by atoms with Gasteiger partial charge < -0.3 is 9.47 Å². The van der Waals surface area contributed by atoms with Crippen LogP contribution in [0.3, 0.4) is 0 Å². The maximum atomic E-state index is 12.8. The molecule has 0 unspecified atom stereocenters. The van der Waals surface area contributed by atoms with Crippen molar-refractivity contribution in [3.8, 4) is 0 Å². The summed E-state index contributed by atoms with van der Waals surface area (Å²) >= 11 is 0. The Morgan fingerprint density at radius 3 is 3.00 bits per heavy atom. The molecule has 1 aliphatic carbocycles. The average Bonchev–Trinajstić information content (AvgIpc) is 3.07. The largest absolute Gasteiger partial charge is 0.336 e. The topological polar surface area (TPSA) is 51.0 Å². The minimum Gasteiger partial charge on any atom is -0.336 e. The molecule has 0 saturated heterocycles. The van der Waals surface area contributed by atoms with E-state index in [1.807, 2.05) is 35.8 Å². The number of nitrogens with zero attached hydrogens (tertiary/aromatic N) is 4. The second-order valence-electron chi connectivity index (χ2n) is 7.71. The molecule has 2 aromatic heterocycles. The average molecular weight is 360 g/mol. The van der Waals surface area contributed by atoms with Crippen LogP contribution < -0.4 is 0 Å². The summed E-state index contributed by atoms with van der Waals surface area (Å²) in [4.78, 5) is 23.6. The monoisotopic (exact) mass is 360 g/mol. The van der Waals surface area contributed by atoms with Crippen molar-refractivity contribution in [2.75, 3.05) is 6.54 Å². The number of aryl methyl sites for hydroxylation is 1. The van der Waals surface area contributed by atoms with Crippen LogP contribution in [-0.2, 0) is 24.2 Å². The van der Waals surface area contributed by atoms with Gasteiger partial charge in [-0.2, -0.15) is 0 Å². The van der Waals surface area contributed by atoms with Crippen LogP contribution in [0.1, 0.15) is 48.7 Å². The molecule has 2 aliphatic rings. The first-order valence-electron chi connectivity index (χ1n) is 9.93. The first-order chi connectivity index (χ1) is 13.3. The molecule has 0 atom stereocenters. The Labute approximate surface area is 159 Å². The Kier molecular flexibility index (Phi) is 4.15. The van der Waals surface area contributed by atoms with Crippen molar-refractivity contribution in [1.29, 1.82) is 0 Å². The number of hydrogen-bond acceptors (Lipinski definition) is 3. The maximum Gasteiger partial charge on any atom is 0.223 e. The number of pyridine rings is 1. The van der Waals surface area contributed by atoms with Crippen molar-refractivity contribution in [2.45, 2.75) is 51.1 Å². The first-order valence-corrected chi connectivity index (χ1v) is 9.93. The predicted molar refractivity (Wildman–Crippen MR) is 104 cm³/mol. The van der Waals surface area contributed by atoms with Crippen molar-refractivity contribution in [3.63, 3.8) is 0 Å². The maximum absolute atomic E-state index is 12.8. The van der Waals surface area contributed by atoms with E-state index in [9.17, 15) is 4.79 Å². The lowest BCUT2D eigenvalue weighted by Crippen LogP contribution is -2.37. The Morgan fingerprint density at radius 1 is 1.22 bits per heavy atom. The molecule has 0 spiro atoms. The summed E-state index contributed by atoms with van der Waals surface area (Å²) in [6, 6.07) is 8.91. The van der Waals surface area contributed by atoms with Crippen LogP contribution in [0.2, 0.25) is 0 Å². The second-order valence-corrected chi connectivity index (χ2v) is 7.71. The van der Waals surface area contributed by atoms with E-state index in [1.165, 1.54) is 35.9 Å². The zero-order chi connectivity index (χ0) is 18.2. The molecule has 3 aromatic rings. The smallest absolute Gasteiger partial charge is 0.223 e. The van der Waals surface area contributed by atoms with Gasteiger partial charge in [-0.25, -0.2) is 4.98 Å². The lowest BCUT2D eigenvalue weighted by Gasteiger charge is -2.32. The van der Waals surface area contributed by atoms with Crippen LogP contribution in [0.25, 0.3) is 10.8 Å². The number of hydrogen-bond donors (Lipinski definition) is 0. The van der Waals surface area contributed by atoms with Crippen LogP contribution in [-0.4, -0.2) is 31.9 Å². The minimum atomic E-state index is 0.227. The molecule has 5 nitrogen and oxygen atoms in total. The van der Waals surface area contributed by atoms with Gasteiger partial charge in [-0.15, -0.1) is 0 Å². The molecule has 0 N–H and O–H groups in total. The highest BCUT2D eigenvalue weighted by molar-refractivity contribution is 5.85. The molecule has 1 aromatic carbocycles. The molecular formula is C22H24N4O. The van der Waals surface area contributed by atoms with Gasteiger partial charge in [0.15, 0.2) is 0 Å². The number of amides is 1. The molecule has 1 amide bonds. The zero-order valence-electron chi connectivity index (χ0n) is 15.5. The Hall–Kier alpha value is -2.69. The summed E-state index contributed by atoms with van der Waals surface area (Å²) in [5.74, 6) is 0.227. The van der Waals surface area contributed by atoms with Gasteiger partial charge in [0.1, 0.15) is 0 Å². The van der Waals surface area contributed by atoms with Crippen LogP contribution in [0.15, 0.2) is 43.0 Å². The molecule has 138 valence electrons. The molecule has 1 fully saturated rings. The highest BCUT2D eigenvalue weighted by atomic mass is 16.2. The van der Waals surface area contributed by atoms with E-state index in [0.29, 0.717) is 19.0 Å². The number of aromatic nitrogens is 3. The van der Waals surface area contributed by atoms with Crippen molar-refractivity contribution in [1.82, 2.24) is 19.4 Å². The molecule has 5 rings (SSSR count). The molecule has 1 aliphatic heterocycles. The fraction of sp³-hybridized carbons (Fsp3) is 0.409. The summed E-state index contributed by atoms with van der Waals surface area (Å²) < 4.78 is 2.37. The third-order valence-corrected chi connectivity index (χ3v) is 6.14. The molecule has 1 saturated carbocycles. The summed E-state index contributed by atoms with van der Waals surface area (Å²) in [5, 5.41) is 2.33. The number of carbonyl (C=O) groups excluding carboxylic acids is 1. The Bertz CT molecular complexity index is 984. The van der Waals surface area contributed by atoms with Crippen molar-refractivity contribution in [3.05, 3.63) is 59.9 Å². The Balaban J connectivity index is 1.26. The normalized spacial score (nSPS) is 17.0. The van der Waals surface area contributed by atoms with Gasteiger partial charge in [-0.3, -0.25) is 9.78 Å². The molecule has 0 bridgehead atoms. The number of fused-ring (bicyclic) bond motifs is 2. The fourth-order valence-electron chi connectivity index (χ4n) is 4.33. The van der Waals surface area contributed by atoms with Crippen molar-refractivity contribution >= 4 is 16.7 Å². The van der Waals surface area contributed by atoms with Gasteiger partial charge in [0.2, 0.25) is 5.91 Å². The minimum absolute atomic E-state index is 0.227. The molecule has 5 heteroatoms. The fourth-order valence-corrected chi connectivity index (χ4v) is 4.33. The predicted octanol–water partition coefficient (Wildman–Crippen LogP) is 3.67. The Morgan fingerprint density at radius 2 is 2.15 bits per heavy atom. The van der Waals surface area contributed by atoms with Crippen LogP contribution >= 0.6 is 0 Å². The van der Waals surface area contributed by atoms with E-state index >= 15 is 0 Å². The third kappa shape index (κ3) is 3.01. The van der Waals surface area contributed by atoms with Crippen LogP contribution in [0.5, 0.6) is 0 Å². The standard InChI is InChI=1S/C22H24N4O/c27-22(8-7-16-3-1-4-17-13-23-11-9-19(16)17)25-12-10-21-20(14-25)24-15-26(21)18-5-2-6-18/h1,3-4,9,11,13,15,18H,2,5-8,10,12,14H2.